The summed E-state index contributed by atoms with van der Waals surface area (Å²) in [5, 5.41) is 2.04. The second-order valence-corrected chi connectivity index (χ2v) is 13.0. The van der Waals surface area contributed by atoms with Crippen LogP contribution < -0.4 is 11.1 Å². The number of fused-ring (bicyclic) bond motifs is 5. The molecular weight excluding hydrogens is 424 g/mol. The molecule has 0 aromatic heterocycles. The molecule has 192 valence electrons. The van der Waals surface area contributed by atoms with Crippen LogP contribution in [0.25, 0.3) is 0 Å². The van der Waals surface area contributed by atoms with Gasteiger partial charge in [-0.25, -0.2) is 14.9 Å². The second-order valence-electron chi connectivity index (χ2n) is 13.0. The van der Waals surface area contributed by atoms with Crippen molar-refractivity contribution in [2.75, 3.05) is 0 Å². The third-order valence-electron chi connectivity index (χ3n) is 10.8. The number of alkyl carbamates (subject to hydrolysis) is 1. The Morgan fingerprint density at radius 1 is 1.09 bits per heavy atom. The Kier molecular flexibility index (Phi) is 7.41. The van der Waals surface area contributed by atoms with Crippen molar-refractivity contribution in [3.63, 3.8) is 0 Å². The smallest absolute Gasteiger partial charge is 0.415 e. The van der Waals surface area contributed by atoms with Crippen molar-refractivity contribution in [1.82, 2.24) is 5.32 Å². The first-order chi connectivity index (χ1) is 16.0. The van der Waals surface area contributed by atoms with Gasteiger partial charge in [-0.1, -0.05) is 65.5 Å². The number of primary amides is 1. The fraction of sp³-hybridized carbons (Fsp3) is 0.862. The summed E-state index contributed by atoms with van der Waals surface area (Å²) < 4.78 is 5.51. The Bertz CT molecular complexity index is 807. The van der Waals surface area contributed by atoms with Crippen LogP contribution in [0.15, 0.2) is 11.6 Å². The number of carbonyl (C=O) groups excluding carboxylic acids is 2. The maximum atomic E-state index is 11.9. The summed E-state index contributed by atoms with van der Waals surface area (Å²) in [5.41, 5.74) is 7.27. The Morgan fingerprint density at radius 2 is 1.85 bits per heavy atom. The molecule has 0 aromatic carbocycles. The molecule has 0 spiro atoms. The molecule has 0 aliphatic heterocycles. The zero-order valence-corrected chi connectivity index (χ0v) is 22.2. The van der Waals surface area contributed by atoms with E-state index in [2.05, 4.69) is 40.7 Å². The number of carbonyl (C=O) groups is 2. The minimum absolute atomic E-state index is 0.161. The Balaban J connectivity index is 1.43. The fourth-order valence-electron chi connectivity index (χ4n) is 9.03. The monoisotopic (exact) mass is 472 g/mol. The number of nitrogens with two attached hydrogens (primary N) is 1. The maximum absolute atomic E-state index is 11.9. The molecule has 0 unspecified atom stereocenters. The Hall–Kier alpha value is -1.52. The number of urea groups is 1. The summed E-state index contributed by atoms with van der Waals surface area (Å²) in [4.78, 5) is 22.8. The number of hydrogen-bond acceptors (Lipinski definition) is 3. The topological polar surface area (TPSA) is 81.4 Å². The van der Waals surface area contributed by atoms with Crippen molar-refractivity contribution < 1.29 is 14.3 Å². The lowest BCUT2D eigenvalue weighted by Gasteiger charge is -2.58. The van der Waals surface area contributed by atoms with E-state index in [4.69, 9.17) is 10.5 Å². The van der Waals surface area contributed by atoms with Gasteiger partial charge in [-0.2, -0.15) is 0 Å². The van der Waals surface area contributed by atoms with Crippen LogP contribution >= 0.6 is 0 Å². The number of ether oxygens (including phenoxy) is 1. The van der Waals surface area contributed by atoms with Crippen LogP contribution in [0.3, 0.4) is 0 Å². The summed E-state index contributed by atoms with van der Waals surface area (Å²) in [6.45, 7) is 12.4. The molecule has 0 aromatic rings. The van der Waals surface area contributed by atoms with Crippen LogP contribution in [0.2, 0.25) is 0 Å². The van der Waals surface area contributed by atoms with Gasteiger partial charge in [0.05, 0.1) is 0 Å². The average molecular weight is 473 g/mol. The van der Waals surface area contributed by atoms with Gasteiger partial charge in [-0.05, 0) is 91.3 Å². The van der Waals surface area contributed by atoms with E-state index in [1.807, 2.05) is 5.32 Å². The zero-order chi connectivity index (χ0) is 24.7. The van der Waals surface area contributed by atoms with Gasteiger partial charge in [-0.3, -0.25) is 0 Å². The molecule has 0 bridgehead atoms. The first kappa shape index (κ1) is 25.6. The van der Waals surface area contributed by atoms with Crippen molar-refractivity contribution in [2.24, 2.45) is 52.1 Å². The molecule has 34 heavy (non-hydrogen) atoms. The number of imide groups is 1. The molecule has 5 nitrogen and oxygen atoms in total. The molecule has 0 saturated heterocycles. The molecule has 5 heteroatoms. The SMILES string of the molecule is CC(C)CCC[C@@H](C)[C@H]1CC[C@H]2[C@@H]3CC=C4C[C@@H](OC(=O)NC(N)=O)CC[C@]4(C)[C@H]3CC[C@]12C. The van der Waals surface area contributed by atoms with Crippen LogP contribution in [0.5, 0.6) is 0 Å². The van der Waals surface area contributed by atoms with E-state index >= 15 is 0 Å². The van der Waals surface area contributed by atoms with Gasteiger partial charge in [-0.15, -0.1) is 0 Å². The first-order valence-corrected chi connectivity index (χ1v) is 14.0. The summed E-state index contributed by atoms with van der Waals surface area (Å²) in [5.74, 6) is 4.95. The lowest BCUT2D eigenvalue weighted by molar-refractivity contribution is -0.0580. The molecule has 3 saturated carbocycles. The van der Waals surface area contributed by atoms with Gasteiger partial charge in [0.15, 0.2) is 0 Å². The van der Waals surface area contributed by atoms with E-state index in [1.165, 1.54) is 56.9 Å². The molecule has 0 radical (unpaired) electrons. The van der Waals surface area contributed by atoms with Crippen LogP contribution in [-0.4, -0.2) is 18.2 Å². The fourth-order valence-corrected chi connectivity index (χ4v) is 9.03. The molecular formula is C29H48N2O3. The van der Waals surface area contributed by atoms with Crippen LogP contribution in [0.1, 0.15) is 105 Å². The van der Waals surface area contributed by atoms with Crippen molar-refractivity contribution >= 4 is 12.1 Å². The van der Waals surface area contributed by atoms with E-state index in [-0.39, 0.29) is 11.5 Å². The van der Waals surface area contributed by atoms with E-state index in [0.717, 1.165) is 54.8 Å². The summed E-state index contributed by atoms with van der Waals surface area (Å²) in [7, 11) is 0. The van der Waals surface area contributed by atoms with Crippen LogP contribution in [-0.2, 0) is 4.74 Å². The van der Waals surface area contributed by atoms with Crippen LogP contribution in [0.4, 0.5) is 9.59 Å². The highest BCUT2D eigenvalue weighted by molar-refractivity contribution is 5.89. The standard InChI is InChI=1S/C29H48N2O3/c1-18(2)7-6-8-19(3)23-11-12-24-22-10-9-20-17-21(34-27(33)31-26(30)32)13-15-28(20,4)25(22)14-16-29(23,24)5/h9,18-19,21-25H,6-8,10-17H2,1-5H3,(H3,30,31,32,33)/t19-,21+,22+,23-,24+,25+,28+,29-/m1/s1. The molecule has 4 aliphatic carbocycles. The molecule has 3 N–H and O–H groups in total. The highest BCUT2D eigenvalue weighted by Gasteiger charge is 2.59. The third kappa shape index (κ3) is 4.78. The number of hydrogen-bond donors (Lipinski definition) is 2. The van der Waals surface area contributed by atoms with Gasteiger partial charge >= 0.3 is 12.1 Å². The molecule has 8 atom stereocenters. The minimum atomic E-state index is -0.861. The second kappa shape index (κ2) is 9.85. The van der Waals surface area contributed by atoms with E-state index in [9.17, 15) is 9.59 Å². The van der Waals surface area contributed by atoms with Crippen LogP contribution in [0, 0.1) is 46.3 Å². The van der Waals surface area contributed by atoms with E-state index in [1.54, 1.807) is 0 Å². The van der Waals surface area contributed by atoms with Gasteiger partial charge in [0.1, 0.15) is 6.10 Å². The lowest BCUT2D eigenvalue weighted by atomic mass is 9.47. The Morgan fingerprint density at radius 3 is 2.56 bits per heavy atom. The number of nitrogens with one attached hydrogen (secondary N) is 1. The third-order valence-corrected chi connectivity index (χ3v) is 10.8. The lowest BCUT2D eigenvalue weighted by Crippen LogP contribution is -2.51. The minimum Gasteiger partial charge on any atom is -0.446 e. The van der Waals surface area contributed by atoms with Gasteiger partial charge < -0.3 is 10.5 Å². The van der Waals surface area contributed by atoms with Crippen molar-refractivity contribution in [3.05, 3.63) is 11.6 Å². The molecule has 3 amide bonds. The highest BCUT2D eigenvalue weighted by Crippen LogP contribution is 2.67. The van der Waals surface area contributed by atoms with Crippen molar-refractivity contribution in [2.45, 2.75) is 111 Å². The maximum Gasteiger partial charge on any atom is 0.415 e. The summed E-state index contributed by atoms with van der Waals surface area (Å²) in [6.07, 6.45) is 15.2. The summed E-state index contributed by atoms with van der Waals surface area (Å²) in [6, 6.07) is -0.861. The van der Waals surface area contributed by atoms with E-state index < -0.39 is 12.1 Å². The van der Waals surface area contributed by atoms with Gasteiger partial charge in [0.2, 0.25) is 0 Å². The zero-order valence-electron chi connectivity index (χ0n) is 22.2. The van der Waals surface area contributed by atoms with Crippen molar-refractivity contribution in [1.29, 1.82) is 0 Å². The Labute approximate surface area is 207 Å². The van der Waals surface area contributed by atoms with Gasteiger partial charge in [0, 0.05) is 6.42 Å². The molecule has 4 rings (SSSR count). The quantitative estimate of drug-likeness (QED) is 0.401. The molecule has 4 aliphatic rings. The van der Waals surface area contributed by atoms with Crippen molar-refractivity contribution in [3.8, 4) is 0 Å². The highest BCUT2D eigenvalue weighted by atomic mass is 16.6. The first-order valence-electron chi connectivity index (χ1n) is 14.0. The molecule has 3 fully saturated rings. The number of allylic oxidation sites excluding steroid dienone is 1. The number of rotatable bonds is 6. The molecule has 0 heterocycles. The predicted octanol–water partition coefficient (Wildman–Crippen LogP) is 7.20. The number of amides is 3. The predicted molar refractivity (Wildman–Crippen MR) is 136 cm³/mol. The normalized spacial score (nSPS) is 39.9. The average Bonchev–Trinajstić information content (AvgIpc) is 3.10. The van der Waals surface area contributed by atoms with Gasteiger partial charge in [0.25, 0.3) is 0 Å². The largest absolute Gasteiger partial charge is 0.446 e. The summed E-state index contributed by atoms with van der Waals surface area (Å²) >= 11 is 0. The van der Waals surface area contributed by atoms with E-state index in [0.29, 0.717) is 5.41 Å².